The van der Waals surface area contributed by atoms with Crippen LogP contribution in [0.4, 0.5) is 8.78 Å². The average Bonchev–Trinajstić information content (AvgIpc) is 2.52. The molecule has 0 saturated carbocycles. The van der Waals surface area contributed by atoms with E-state index in [0.717, 1.165) is 6.07 Å². The smallest absolute Gasteiger partial charge is 0.130 e. The molecule has 22 heavy (non-hydrogen) atoms. The van der Waals surface area contributed by atoms with Crippen LogP contribution in [0, 0.1) is 11.6 Å². The number of benzene rings is 2. The molecule has 2 aromatic carbocycles. The van der Waals surface area contributed by atoms with Crippen molar-refractivity contribution in [2.24, 2.45) is 0 Å². The monoisotopic (exact) mass is 307 g/mol. The van der Waals surface area contributed by atoms with Crippen molar-refractivity contribution >= 4 is 0 Å². The molecule has 2 N–H and O–H groups in total. The van der Waals surface area contributed by atoms with Crippen molar-refractivity contribution in [1.29, 1.82) is 0 Å². The third-order valence-corrected chi connectivity index (χ3v) is 3.52. The molecule has 2 rings (SSSR count). The van der Waals surface area contributed by atoms with Crippen molar-refractivity contribution in [3.63, 3.8) is 0 Å². The van der Waals surface area contributed by atoms with Crippen LogP contribution in [-0.4, -0.2) is 18.8 Å². The van der Waals surface area contributed by atoms with Crippen LogP contribution >= 0.6 is 0 Å². The van der Waals surface area contributed by atoms with Gasteiger partial charge in [0.2, 0.25) is 0 Å². The zero-order valence-electron chi connectivity index (χ0n) is 12.5. The van der Waals surface area contributed by atoms with E-state index in [2.05, 4.69) is 5.32 Å². The number of hydrogen-bond donors (Lipinski definition) is 2. The van der Waals surface area contributed by atoms with Crippen molar-refractivity contribution in [2.75, 3.05) is 13.7 Å². The summed E-state index contributed by atoms with van der Waals surface area (Å²) in [6.45, 7) is 2.00. The van der Waals surface area contributed by atoms with Crippen LogP contribution in [0.25, 0.3) is 0 Å². The molecule has 2 atom stereocenters. The van der Waals surface area contributed by atoms with Crippen LogP contribution in [0.3, 0.4) is 0 Å². The maximum Gasteiger partial charge on any atom is 0.130 e. The molecule has 2 aromatic rings. The van der Waals surface area contributed by atoms with Gasteiger partial charge in [0.1, 0.15) is 17.4 Å². The molecular weight excluding hydrogens is 288 g/mol. The van der Waals surface area contributed by atoms with Crippen LogP contribution in [-0.2, 0) is 0 Å². The van der Waals surface area contributed by atoms with Gasteiger partial charge in [0.15, 0.2) is 0 Å². The molecule has 0 fully saturated rings. The fourth-order valence-corrected chi connectivity index (χ4v) is 2.22. The maximum absolute atomic E-state index is 13.7. The molecule has 0 aliphatic carbocycles. The summed E-state index contributed by atoms with van der Waals surface area (Å²) in [4.78, 5) is 0. The highest BCUT2D eigenvalue weighted by Gasteiger charge is 2.14. The van der Waals surface area contributed by atoms with Gasteiger partial charge in [0, 0.05) is 24.2 Å². The normalized spacial score (nSPS) is 13.7. The van der Waals surface area contributed by atoms with Gasteiger partial charge in [-0.15, -0.1) is 0 Å². The van der Waals surface area contributed by atoms with Gasteiger partial charge in [-0.1, -0.05) is 18.2 Å². The number of aliphatic hydroxyl groups excluding tert-OH is 1. The number of hydrogen-bond acceptors (Lipinski definition) is 3. The van der Waals surface area contributed by atoms with Gasteiger partial charge >= 0.3 is 0 Å². The Balaban J connectivity index is 1.99. The van der Waals surface area contributed by atoms with Crippen molar-refractivity contribution in [3.8, 4) is 5.75 Å². The lowest BCUT2D eigenvalue weighted by molar-refractivity contribution is 0.170. The summed E-state index contributed by atoms with van der Waals surface area (Å²) in [5, 5.41) is 13.2. The van der Waals surface area contributed by atoms with Crippen LogP contribution in [0.2, 0.25) is 0 Å². The van der Waals surface area contributed by atoms with Crippen LogP contribution < -0.4 is 10.1 Å². The summed E-state index contributed by atoms with van der Waals surface area (Å²) in [5.74, 6) is -0.546. The molecule has 3 nitrogen and oxygen atoms in total. The van der Waals surface area contributed by atoms with E-state index in [1.54, 1.807) is 38.3 Å². The molecule has 118 valence electrons. The molecule has 0 bridgehead atoms. The zero-order chi connectivity index (χ0) is 16.1. The van der Waals surface area contributed by atoms with E-state index in [9.17, 15) is 13.9 Å². The second-order valence-corrected chi connectivity index (χ2v) is 5.09. The Morgan fingerprint density at radius 1 is 1.18 bits per heavy atom. The fourth-order valence-electron chi connectivity index (χ4n) is 2.22. The predicted molar refractivity (Wildman–Crippen MR) is 80.7 cm³/mol. The quantitative estimate of drug-likeness (QED) is 0.860. The maximum atomic E-state index is 13.7. The van der Waals surface area contributed by atoms with Crippen molar-refractivity contribution in [3.05, 3.63) is 65.2 Å². The summed E-state index contributed by atoms with van der Waals surface area (Å²) in [5.41, 5.74) is 1.07. The standard InChI is InChI=1S/C17H19F2NO2/c1-11(15-7-6-13(18)9-16(15)19)20-10-17(21)12-4-3-5-14(8-12)22-2/h3-9,11,17,20-21H,10H2,1-2H3. The van der Waals surface area contributed by atoms with E-state index in [0.29, 0.717) is 16.9 Å². The lowest BCUT2D eigenvalue weighted by Crippen LogP contribution is -2.25. The van der Waals surface area contributed by atoms with E-state index in [1.807, 2.05) is 0 Å². The predicted octanol–water partition coefficient (Wildman–Crippen LogP) is 3.36. The number of halogens is 2. The highest BCUT2D eigenvalue weighted by Crippen LogP contribution is 2.21. The Morgan fingerprint density at radius 2 is 1.95 bits per heavy atom. The molecule has 0 aliphatic rings. The summed E-state index contributed by atoms with van der Waals surface area (Å²) >= 11 is 0. The topological polar surface area (TPSA) is 41.5 Å². The number of methoxy groups -OCH3 is 1. The van der Waals surface area contributed by atoms with E-state index >= 15 is 0 Å². The second kappa shape index (κ2) is 7.33. The first-order valence-corrected chi connectivity index (χ1v) is 7.01. The minimum Gasteiger partial charge on any atom is -0.497 e. The minimum absolute atomic E-state index is 0.241. The number of rotatable bonds is 6. The van der Waals surface area contributed by atoms with Crippen molar-refractivity contribution < 1.29 is 18.6 Å². The van der Waals surface area contributed by atoms with Crippen LogP contribution in [0.1, 0.15) is 30.2 Å². The first kappa shape index (κ1) is 16.4. The third-order valence-electron chi connectivity index (χ3n) is 3.52. The molecular formula is C17H19F2NO2. The summed E-state index contributed by atoms with van der Waals surface area (Å²) in [6, 6.07) is 10.2. The van der Waals surface area contributed by atoms with Gasteiger partial charge in [-0.2, -0.15) is 0 Å². The molecule has 0 amide bonds. The average molecular weight is 307 g/mol. The van der Waals surface area contributed by atoms with Crippen LogP contribution in [0.15, 0.2) is 42.5 Å². The Morgan fingerprint density at radius 3 is 2.64 bits per heavy atom. The lowest BCUT2D eigenvalue weighted by atomic mass is 10.1. The minimum atomic E-state index is -0.749. The van der Waals surface area contributed by atoms with Crippen LogP contribution in [0.5, 0.6) is 5.75 Å². The molecule has 0 aliphatic heterocycles. The van der Waals surface area contributed by atoms with Gasteiger partial charge < -0.3 is 15.2 Å². The van der Waals surface area contributed by atoms with Gasteiger partial charge in [-0.25, -0.2) is 8.78 Å². The molecule has 2 unspecified atom stereocenters. The van der Waals surface area contributed by atoms with E-state index in [-0.39, 0.29) is 12.6 Å². The van der Waals surface area contributed by atoms with Crippen molar-refractivity contribution in [1.82, 2.24) is 5.32 Å². The van der Waals surface area contributed by atoms with Gasteiger partial charge in [-0.3, -0.25) is 0 Å². The number of aliphatic hydroxyl groups is 1. The molecule has 0 radical (unpaired) electrons. The number of ether oxygens (including phenoxy) is 1. The molecule has 0 aromatic heterocycles. The fraction of sp³-hybridized carbons (Fsp3) is 0.294. The highest BCUT2D eigenvalue weighted by molar-refractivity contribution is 5.30. The molecule has 5 heteroatoms. The van der Waals surface area contributed by atoms with Gasteiger partial charge in [-0.05, 0) is 30.7 Å². The van der Waals surface area contributed by atoms with Crippen molar-refractivity contribution in [2.45, 2.75) is 19.1 Å². The zero-order valence-corrected chi connectivity index (χ0v) is 12.5. The third kappa shape index (κ3) is 4.02. The van der Waals surface area contributed by atoms with Gasteiger partial charge in [0.05, 0.1) is 13.2 Å². The first-order chi connectivity index (χ1) is 10.5. The lowest BCUT2D eigenvalue weighted by Gasteiger charge is -2.18. The van der Waals surface area contributed by atoms with E-state index in [4.69, 9.17) is 4.74 Å². The first-order valence-electron chi connectivity index (χ1n) is 7.01. The second-order valence-electron chi connectivity index (χ2n) is 5.09. The molecule has 0 heterocycles. The summed E-state index contributed by atoms with van der Waals surface area (Å²) in [6.07, 6.45) is -0.749. The van der Waals surface area contributed by atoms with E-state index in [1.165, 1.54) is 12.1 Å². The van der Waals surface area contributed by atoms with Gasteiger partial charge in [0.25, 0.3) is 0 Å². The Bertz CT molecular complexity index is 634. The number of nitrogens with one attached hydrogen (secondary N) is 1. The summed E-state index contributed by atoms with van der Waals surface area (Å²) < 4.78 is 31.7. The SMILES string of the molecule is COc1cccc(C(O)CNC(C)c2ccc(F)cc2F)c1. The molecule has 0 saturated heterocycles. The molecule has 0 spiro atoms. The van der Waals surface area contributed by atoms with E-state index < -0.39 is 17.7 Å². The highest BCUT2D eigenvalue weighted by atomic mass is 19.1. The summed E-state index contributed by atoms with van der Waals surface area (Å²) in [7, 11) is 1.56. The largest absolute Gasteiger partial charge is 0.497 e. The Kier molecular flexibility index (Phi) is 5.46. The Labute approximate surface area is 128 Å². The Hall–Kier alpha value is -1.98.